The number of aliphatic carboxylic acids is 1. The third kappa shape index (κ3) is 34.7. The molecule has 0 bridgehead atoms. The number of nitrogens with one attached hydrogen (secondary N) is 17. The zero-order chi connectivity index (χ0) is 95.8. The van der Waals surface area contributed by atoms with Gasteiger partial charge in [-0.05, 0) is 125 Å². The Bertz CT molecular complexity index is 4840. The summed E-state index contributed by atoms with van der Waals surface area (Å²) in [4.78, 5) is 242. The lowest BCUT2D eigenvalue weighted by Gasteiger charge is -2.28. The number of amides is 16. The monoisotopic (exact) mass is 1810 g/mol. The first-order chi connectivity index (χ1) is 61.8. The lowest BCUT2D eigenvalue weighted by Crippen LogP contribution is -2.62. The van der Waals surface area contributed by atoms with Crippen molar-refractivity contribution >= 4 is 122 Å². The number of unbranched alkanes of at least 4 members (excludes halogenated alkanes) is 2. The van der Waals surface area contributed by atoms with Gasteiger partial charge in [0.05, 0.1) is 44.9 Å². The number of H-pyrrole nitrogens is 2. The number of primary amides is 1. The minimum absolute atomic E-state index is 0.0793. The molecule has 42 heteroatoms. The molecule has 0 saturated carbocycles. The van der Waals surface area contributed by atoms with E-state index in [1.54, 1.807) is 149 Å². The van der Waals surface area contributed by atoms with Crippen LogP contribution in [0.15, 0.2) is 122 Å². The van der Waals surface area contributed by atoms with Gasteiger partial charge in [0, 0.05) is 66.8 Å². The molecular formula is C88H124N20O22. The average molecular weight is 1810 g/mol. The van der Waals surface area contributed by atoms with Gasteiger partial charge in [0.2, 0.25) is 94.5 Å². The molecule has 4 aromatic carbocycles. The van der Waals surface area contributed by atoms with E-state index in [1.807, 2.05) is 0 Å². The maximum absolute atomic E-state index is 15.1. The molecule has 0 aliphatic carbocycles. The maximum atomic E-state index is 15.1. The Balaban J connectivity index is 1.18. The topological polar surface area (TPSA) is 681 Å². The lowest BCUT2D eigenvalue weighted by molar-refractivity contribution is -0.142. The van der Waals surface area contributed by atoms with Gasteiger partial charge in [-0.2, -0.15) is 0 Å². The summed E-state index contributed by atoms with van der Waals surface area (Å²) in [5.74, 6) is -18.5. The van der Waals surface area contributed by atoms with Crippen LogP contribution in [0.5, 0.6) is 0 Å². The predicted octanol–water partition coefficient (Wildman–Crippen LogP) is -4.47. The number of aliphatic hydroxyl groups is 4. The highest BCUT2D eigenvalue weighted by molar-refractivity contribution is 6.02. The van der Waals surface area contributed by atoms with Crippen LogP contribution in [0.1, 0.15) is 129 Å². The van der Waals surface area contributed by atoms with Crippen LogP contribution in [0, 0.1) is 11.8 Å². The fourth-order valence-corrected chi connectivity index (χ4v) is 14.1. The van der Waals surface area contributed by atoms with Crippen molar-refractivity contribution in [1.82, 2.24) is 89.7 Å². The van der Waals surface area contributed by atoms with Gasteiger partial charge >= 0.3 is 5.97 Å². The molecule has 0 aliphatic heterocycles. The standard InChI is InChI=1S/C88H124N20O22/c1-47(2)34-62(81(123)106-69(45-109)78(120)95-43-71(114)97-61(31-19-21-33-90)79(121)98-60(76(91)118)30-18-20-32-89)99-84(126)67(39-55-42-93-59-29-17-15-27-57(55)59)102-82(124)64(36-52-22-10-8-11-23-52)101-85(127)68(40-73(116)117)103-86(128)70(46-110)107-83(125)65(37-53-24-12-9-13-25-53)100-80(122)63(35-48(3)4)104-88(130)75(50(6)112)108-72(115)44-94-77(119)66(105-87(129)74(49(5)111)96-51(7)113)38-54-41-92-58-28-16-14-26-56(54)58/h8-17,22-29,41-42,47-50,60-70,74-75,92-93,109-112H,18-21,30-40,43-46,89-90H2,1-7H3,(H2,91,118)(H,94,119)(H,95,120)(H,96,113)(H,97,114)(H,98,121)(H,99,126)(H,100,122)(H,101,127)(H,102,124)(H,103,128)(H,104,130)(H,105,129)(H,106,123)(H,107,125)(H,108,115)(H,116,117)/t49-,50-,60+,61+,62+,63+,64+,65+,66+,67+,68+,69+,70+,74+,75+/m1/s1. The Labute approximate surface area is 750 Å². The molecule has 2 aromatic heterocycles. The van der Waals surface area contributed by atoms with Crippen LogP contribution in [0.4, 0.5) is 0 Å². The van der Waals surface area contributed by atoms with Gasteiger partial charge in [0.1, 0.15) is 78.5 Å². The highest BCUT2D eigenvalue weighted by atomic mass is 16.4. The molecule has 0 spiro atoms. The summed E-state index contributed by atoms with van der Waals surface area (Å²) < 4.78 is 0. The summed E-state index contributed by atoms with van der Waals surface area (Å²) in [6, 6.07) is 9.06. The van der Waals surface area contributed by atoms with Crippen molar-refractivity contribution in [2.75, 3.05) is 39.4 Å². The Hall–Kier alpha value is -13.3. The summed E-state index contributed by atoms with van der Waals surface area (Å²) in [6.07, 6.45) is -0.391. The minimum atomic E-state index is -2.11. The largest absolute Gasteiger partial charge is 0.481 e. The van der Waals surface area contributed by atoms with Crippen molar-refractivity contribution in [2.24, 2.45) is 29.0 Å². The second-order valence-corrected chi connectivity index (χ2v) is 32.6. The van der Waals surface area contributed by atoms with Crippen molar-refractivity contribution in [3.05, 3.63) is 144 Å². The Morgan fingerprint density at radius 2 is 0.677 bits per heavy atom. The van der Waals surface area contributed by atoms with Gasteiger partial charge in [-0.1, -0.05) is 125 Å². The highest BCUT2D eigenvalue weighted by Gasteiger charge is 2.39. The van der Waals surface area contributed by atoms with E-state index in [0.29, 0.717) is 76.3 Å². The molecule has 0 saturated heterocycles. The number of carbonyl (C=O) groups is 17. The van der Waals surface area contributed by atoms with E-state index in [-0.39, 0.29) is 69.7 Å². The quantitative estimate of drug-likeness (QED) is 0.0160. The van der Waals surface area contributed by atoms with E-state index in [2.05, 4.69) is 89.7 Å². The first-order valence-electron chi connectivity index (χ1n) is 43.0. The summed E-state index contributed by atoms with van der Waals surface area (Å²) in [5.41, 5.74) is 20.0. The first-order valence-corrected chi connectivity index (χ1v) is 43.0. The Morgan fingerprint density at radius 3 is 1.09 bits per heavy atom. The van der Waals surface area contributed by atoms with Gasteiger partial charge < -0.3 is 132 Å². The van der Waals surface area contributed by atoms with E-state index in [4.69, 9.17) is 17.2 Å². The number of carboxylic acids is 1. The molecule has 6 rings (SSSR count). The number of aliphatic hydroxyl groups excluding tert-OH is 4. The van der Waals surface area contributed by atoms with Gasteiger partial charge in [-0.15, -0.1) is 0 Å². The fourth-order valence-electron chi connectivity index (χ4n) is 14.1. The number of rotatable bonds is 56. The third-order valence-electron chi connectivity index (χ3n) is 20.9. The molecule has 6 aromatic rings. The minimum Gasteiger partial charge on any atom is -0.481 e. The van der Waals surface area contributed by atoms with Crippen LogP contribution in [0.3, 0.4) is 0 Å². The van der Waals surface area contributed by atoms with Crippen LogP contribution in [0.2, 0.25) is 0 Å². The van der Waals surface area contributed by atoms with Gasteiger partial charge in [0.25, 0.3) is 0 Å². The molecule has 16 amide bonds. The Kier molecular flexibility index (Phi) is 43.4. The second-order valence-electron chi connectivity index (χ2n) is 32.6. The zero-order valence-corrected chi connectivity index (χ0v) is 73.7. The molecule has 28 N–H and O–H groups in total. The molecule has 0 unspecified atom stereocenters. The number of fused-ring (bicyclic) bond motifs is 2. The SMILES string of the molecule is CC(=O)N[C@H](C(=O)N[C@@H](Cc1c[nH]c2ccccc12)C(=O)NCC(=O)N[C@H](C(=O)N[C@@H](CC(C)C)C(=O)N[C@@H](Cc1ccccc1)C(=O)N[C@@H](CO)C(=O)N[C@@H](CC(=O)O)C(=O)N[C@@H](Cc1ccccc1)C(=O)N[C@@H](Cc1c[nH]c2ccccc12)C(=O)N[C@@H](CC(C)C)C(=O)N[C@@H](CO)C(=O)NCC(=O)N[C@@H](CCCCN)C(=O)N[C@@H](CCCCN)C(N)=O)[C@@H](C)O)[C@@H](C)O. The van der Waals surface area contributed by atoms with Crippen molar-refractivity contribution < 1.29 is 107 Å². The van der Waals surface area contributed by atoms with Gasteiger partial charge in [-0.3, -0.25) is 81.5 Å². The number of aromatic amines is 2. The van der Waals surface area contributed by atoms with E-state index in [0.717, 1.165) is 13.8 Å². The number of para-hydroxylation sites is 2. The third-order valence-corrected chi connectivity index (χ3v) is 20.9. The number of hydrogen-bond donors (Lipinski definition) is 25. The van der Waals surface area contributed by atoms with Crippen molar-refractivity contribution in [1.29, 1.82) is 0 Å². The summed E-state index contributed by atoms with van der Waals surface area (Å²) in [6.45, 7) is 7.03. The summed E-state index contributed by atoms with van der Waals surface area (Å²) in [7, 11) is 0. The van der Waals surface area contributed by atoms with E-state index in [1.165, 1.54) is 6.92 Å². The number of carboxylic acid groups (broad SMARTS) is 1. The smallest absolute Gasteiger partial charge is 0.305 e. The predicted molar refractivity (Wildman–Crippen MR) is 475 cm³/mol. The first kappa shape index (κ1) is 105. The van der Waals surface area contributed by atoms with Crippen LogP contribution in [-0.2, 0) is 107 Å². The maximum Gasteiger partial charge on any atom is 0.305 e. The molecule has 0 radical (unpaired) electrons. The fraction of sp³-hybridized carbons (Fsp3) is 0.489. The highest BCUT2D eigenvalue weighted by Crippen LogP contribution is 2.23. The van der Waals surface area contributed by atoms with E-state index in [9.17, 15) is 97.5 Å². The molecular weight excluding hydrogens is 1690 g/mol. The molecule has 130 heavy (non-hydrogen) atoms. The average Bonchev–Trinajstić information content (AvgIpc) is 1.67. The Morgan fingerprint density at radius 1 is 0.354 bits per heavy atom. The number of hydrogen-bond acceptors (Lipinski definition) is 23. The number of carbonyl (C=O) groups excluding carboxylic acids is 16. The van der Waals surface area contributed by atoms with Gasteiger partial charge in [0.15, 0.2) is 0 Å². The number of benzene rings is 4. The molecule has 42 nitrogen and oxygen atoms in total. The molecule has 2 heterocycles. The van der Waals surface area contributed by atoms with Crippen molar-refractivity contribution in [2.45, 2.75) is 223 Å². The van der Waals surface area contributed by atoms with Crippen LogP contribution in [0.25, 0.3) is 21.8 Å². The summed E-state index contributed by atoms with van der Waals surface area (Å²) in [5, 5.41) is 91.1. The normalized spacial score (nSPS) is 14.7. The molecule has 0 fully saturated rings. The molecule has 708 valence electrons. The molecule has 0 aliphatic rings. The number of aromatic nitrogens is 2. The number of nitrogens with two attached hydrogens (primary N) is 3. The van der Waals surface area contributed by atoms with Crippen LogP contribution in [-0.4, -0.2) is 266 Å². The second kappa shape index (κ2) is 53.5. The van der Waals surface area contributed by atoms with E-state index >= 15 is 9.59 Å². The van der Waals surface area contributed by atoms with Crippen molar-refractivity contribution in [3.63, 3.8) is 0 Å². The van der Waals surface area contributed by atoms with Crippen LogP contribution < -0.4 is 97.0 Å². The lowest BCUT2D eigenvalue weighted by atomic mass is 9.99. The van der Waals surface area contributed by atoms with Crippen molar-refractivity contribution in [3.8, 4) is 0 Å². The van der Waals surface area contributed by atoms with Crippen LogP contribution >= 0.6 is 0 Å². The summed E-state index contributed by atoms with van der Waals surface area (Å²) >= 11 is 0. The van der Waals surface area contributed by atoms with Gasteiger partial charge in [-0.25, -0.2) is 0 Å². The molecule has 15 atom stereocenters. The zero-order valence-electron chi connectivity index (χ0n) is 73.7. The van der Waals surface area contributed by atoms with E-state index < -0.39 is 224 Å².